The zero-order valence-corrected chi connectivity index (χ0v) is 13.4. The van der Waals surface area contributed by atoms with Crippen LogP contribution in [0.15, 0.2) is 22.7 Å². The zero-order chi connectivity index (χ0) is 13.8. The summed E-state index contributed by atoms with van der Waals surface area (Å²) in [5.74, 6) is 1.44. The topological polar surface area (TPSA) is 29.1 Å². The van der Waals surface area contributed by atoms with E-state index >= 15 is 0 Å². The van der Waals surface area contributed by atoms with Crippen LogP contribution in [-0.2, 0) is 0 Å². The van der Waals surface area contributed by atoms with E-state index in [-0.39, 0.29) is 5.91 Å². The van der Waals surface area contributed by atoms with E-state index in [0.717, 1.165) is 16.9 Å². The summed E-state index contributed by atoms with van der Waals surface area (Å²) in [6.45, 7) is 3.08. The molecule has 0 saturated heterocycles. The molecule has 0 spiro atoms. The maximum Gasteiger partial charge on any atom is 0.251 e. The number of amides is 1. The molecule has 19 heavy (non-hydrogen) atoms. The number of carbonyl (C=O) groups is 1. The molecular formula is C15H19BrClNO. The van der Waals surface area contributed by atoms with E-state index in [0.29, 0.717) is 16.5 Å². The van der Waals surface area contributed by atoms with Crippen molar-refractivity contribution in [2.45, 2.75) is 32.6 Å². The van der Waals surface area contributed by atoms with E-state index in [9.17, 15) is 4.79 Å². The van der Waals surface area contributed by atoms with E-state index in [1.165, 1.54) is 25.7 Å². The van der Waals surface area contributed by atoms with E-state index in [1.54, 1.807) is 18.2 Å². The number of benzene rings is 1. The minimum absolute atomic E-state index is 0.0342. The predicted octanol–water partition coefficient (Wildman–Crippen LogP) is 4.66. The van der Waals surface area contributed by atoms with Crippen LogP contribution in [-0.4, -0.2) is 12.5 Å². The van der Waals surface area contributed by atoms with Crippen LogP contribution in [0.25, 0.3) is 0 Å². The van der Waals surface area contributed by atoms with Crippen LogP contribution in [0.5, 0.6) is 0 Å². The van der Waals surface area contributed by atoms with Gasteiger partial charge in [0, 0.05) is 16.6 Å². The Kier molecular flexibility index (Phi) is 5.28. The number of halogens is 2. The van der Waals surface area contributed by atoms with Crippen molar-refractivity contribution in [3.63, 3.8) is 0 Å². The second kappa shape index (κ2) is 6.76. The minimum atomic E-state index is -0.0342. The van der Waals surface area contributed by atoms with Crippen LogP contribution in [0, 0.1) is 11.8 Å². The lowest BCUT2D eigenvalue weighted by Crippen LogP contribution is -2.31. The SMILES string of the molecule is CC1CCC(CNC(=O)c2ccc(Br)c(Cl)c2)CC1. The molecule has 4 heteroatoms. The normalized spacial score (nSPS) is 23.1. The molecule has 1 saturated carbocycles. The molecule has 0 heterocycles. The molecule has 0 radical (unpaired) electrons. The molecule has 2 rings (SSSR count). The van der Waals surface area contributed by atoms with Crippen molar-refractivity contribution in [2.24, 2.45) is 11.8 Å². The maximum atomic E-state index is 12.0. The van der Waals surface area contributed by atoms with Gasteiger partial charge >= 0.3 is 0 Å². The summed E-state index contributed by atoms with van der Waals surface area (Å²) >= 11 is 9.32. The van der Waals surface area contributed by atoms with E-state index in [4.69, 9.17) is 11.6 Å². The fourth-order valence-electron chi connectivity index (χ4n) is 2.51. The average molecular weight is 345 g/mol. The number of hydrogen-bond acceptors (Lipinski definition) is 1. The Hall–Kier alpha value is -0.540. The molecule has 0 aromatic heterocycles. The van der Waals surface area contributed by atoms with Gasteiger partial charge in [0.1, 0.15) is 0 Å². The van der Waals surface area contributed by atoms with Gasteiger partial charge in [0.05, 0.1) is 5.02 Å². The molecule has 1 aromatic carbocycles. The zero-order valence-electron chi connectivity index (χ0n) is 11.1. The van der Waals surface area contributed by atoms with Gasteiger partial charge in [-0.15, -0.1) is 0 Å². The third kappa shape index (κ3) is 4.22. The molecular weight excluding hydrogens is 326 g/mol. The largest absolute Gasteiger partial charge is 0.352 e. The van der Waals surface area contributed by atoms with E-state index in [1.807, 2.05) is 0 Å². The molecule has 1 amide bonds. The Morgan fingerprint density at radius 3 is 2.68 bits per heavy atom. The summed E-state index contributed by atoms with van der Waals surface area (Å²) < 4.78 is 0.812. The summed E-state index contributed by atoms with van der Waals surface area (Å²) in [7, 11) is 0. The Morgan fingerprint density at radius 2 is 2.05 bits per heavy atom. The highest BCUT2D eigenvalue weighted by Gasteiger charge is 2.19. The second-order valence-electron chi connectivity index (χ2n) is 5.46. The molecule has 1 fully saturated rings. The van der Waals surface area contributed by atoms with Crippen LogP contribution in [0.4, 0.5) is 0 Å². The average Bonchev–Trinajstić information content (AvgIpc) is 2.41. The van der Waals surface area contributed by atoms with Crippen molar-refractivity contribution in [3.8, 4) is 0 Å². The van der Waals surface area contributed by atoms with Crippen molar-refractivity contribution in [3.05, 3.63) is 33.3 Å². The second-order valence-corrected chi connectivity index (χ2v) is 6.73. The van der Waals surface area contributed by atoms with Crippen LogP contribution in [0.2, 0.25) is 5.02 Å². The van der Waals surface area contributed by atoms with Gasteiger partial charge < -0.3 is 5.32 Å². The minimum Gasteiger partial charge on any atom is -0.352 e. The molecule has 0 unspecified atom stereocenters. The number of nitrogens with one attached hydrogen (secondary N) is 1. The lowest BCUT2D eigenvalue weighted by atomic mass is 9.83. The van der Waals surface area contributed by atoms with Gasteiger partial charge in [-0.2, -0.15) is 0 Å². The monoisotopic (exact) mass is 343 g/mol. The Balaban J connectivity index is 1.85. The van der Waals surface area contributed by atoms with Gasteiger partial charge in [-0.05, 0) is 58.8 Å². The van der Waals surface area contributed by atoms with E-state index in [2.05, 4.69) is 28.2 Å². The highest BCUT2D eigenvalue weighted by Crippen LogP contribution is 2.28. The van der Waals surface area contributed by atoms with Crippen LogP contribution >= 0.6 is 27.5 Å². The standard InChI is InChI=1S/C15H19BrClNO/c1-10-2-4-11(5-3-10)9-18-15(19)12-6-7-13(16)14(17)8-12/h6-8,10-11H,2-5,9H2,1H3,(H,18,19). The van der Waals surface area contributed by atoms with Gasteiger partial charge in [0.2, 0.25) is 0 Å². The van der Waals surface area contributed by atoms with Crippen molar-refractivity contribution >= 4 is 33.4 Å². The number of carbonyl (C=O) groups excluding carboxylic acids is 1. The summed E-state index contributed by atoms with van der Waals surface area (Å²) in [5, 5.41) is 3.59. The summed E-state index contributed by atoms with van der Waals surface area (Å²) in [6.07, 6.45) is 5.01. The first-order valence-corrected chi connectivity index (χ1v) is 7.96. The molecule has 1 aromatic rings. The fraction of sp³-hybridized carbons (Fsp3) is 0.533. The molecule has 0 bridgehead atoms. The first-order valence-electron chi connectivity index (χ1n) is 6.79. The van der Waals surface area contributed by atoms with Crippen LogP contribution < -0.4 is 5.32 Å². The smallest absolute Gasteiger partial charge is 0.251 e. The molecule has 1 N–H and O–H groups in total. The lowest BCUT2D eigenvalue weighted by Gasteiger charge is -2.26. The van der Waals surface area contributed by atoms with Crippen molar-refractivity contribution < 1.29 is 4.79 Å². The van der Waals surface area contributed by atoms with Gasteiger partial charge in [-0.1, -0.05) is 31.4 Å². The summed E-state index contributed by atoms with van der Waals surface area (Å²) in [6, 6.07) is 5.29. The molecule has 0 atom stereocenters. The van der Waals surface area contributed by atoms with Crippen LogP contribution in [0.1, 0.15) is 43.0 Å². The number of rotatable bonds is 3. The highest BCUT2D eigenvalue weighted by molar-refractivity contribution is 9.10. The molecule has 104 valence electrons. The Labute approximate surface area is 128 Å². The quantitative estimate of drug-likeness (QED) is 0.849. The Bertz CT molecular complexity index is 455. The maximum absolute atomic E-state index is 12.0. The molecule has 2 nitrogen and oxygen atoms in total. The lowest BCUT2D eigenvalue weighted by molar-refractivity contribution is 0.0942. The third-order valence-corrected chi connectivity index (χ3v) is 5.10. The fourth-order valence-corrected chi connectivity index (χ4v) is 2.94. The third-order valence-electron chi connectivity index (χ3n) is 3.87. The van der Waals surface area contributed by atoms with Crippen LogP contribution in [0.3, 0.4) is 0 Å². The highest BCUT2D eigenvalue weighted by atomic mass is 79.9. The molecule has 1 aliphatic carbocycles. The molecule has 0 aliphatic heterocycles. The number of hydrogen-bond donors (Lipinski definition) is 1. The van der Waals surface area contributed by atoms with Crippen molar-refractivity contribution in [2.75, 3.05) is 6.54 Å². The van der Waals surface area contributed by atoms with Gasteiger partial charge in [-0.25, -0.2) is 0 Å². The van der Waals surface area contributed by atoms with Gasteiger partial charge in [0.25, 0.3) is 5.91 Å². The van der Waals surface area contributed by atoms with Gasteiger partial charge in [-0.3, -0.25) is 4.79 Å². The van der Waals surface area contributed by atoms with Crippen molar-refractivity contribution in [1.82, 2.24) is 5.32 Å². The molecule has 1 aliphatic rings. The van der Waals surface area contributed by atoms with E-state index < -0.39 is 0 Å². The summed E-state index contributed by atoms with van der Waals surface area (Å²) in [5.41, 5.74) is 0.623. The summed E-state index contributed by atoms with van der Waals surface area (Å²) in [4.78, 5) is 12.0. The Morgan fingerprint density at radius 1 is 1.37 bits per heavy atom. The predicted molar refractivity (Wildman–Crippen MR) is 82.6 cm³/mol. The van der Waals surface area contributed by atoms with Gasteiger partial charge in [0.15, 0.2) is 0 Å². The van der Waals surface area contributed by atoms with Crippen molar-refractivity contribution in [1.29, 1.82) is 0 Å². The first kappa shape index (κ1) is 14.9. The first-order chi connectivity index (χ1) is 9.06.